The minimum absolute atomic E-state index is 0.354. The standard InChI is InChI=1S/C10H16O4/c1-7(6-9(11)12)4-3-5-8(2)10(13)14/h6,8H,3-5H2,1-2H3,(H,11,12)(H,13,14)/t8-/m1/s1. The van der Waals surface area contributed by atoms with E-state index < -0.39 is 11.9 Å². The molecule has 4 heteroatoms. The molecule has 0 fully saturated rings. The van der Waals surface area contributed by atoms with Gasteiger partial charge in [0.2, 0.25) is 0 Å². The molecular formula is C10H16O4. The summed E-state index contributed by atoms with van der Waals surface area (Å²) < 4.78 is 0. The molecule has 0 spiro atoms. The van der Waals surface area contributed by atoms with Gasteiger partial charge in [-0.3, -0.25) is 4.79 Å². The molecule has 0 heterocycles. The summed E-state index contributed by atoms with van der Waals surface area (Å²) in [5.74, 6) is -2.11. The quantitative estimate of drug-likeness (QED) is 0.642. The normalized spacial score (nSPS) is 13.7. The highest BCUT2D eigenvalue weighted by atomic mass is 16.4. The predicted octanol–water partition coefficient (Wildman–Crippen LogP) is 1.91. The topological polar surface area (TPSA) is 74.6 Å². The maximum atomic E-state index is 10.4. The van der Waals surface area contributed by atoms with Crippen LogP contribution in [0, 0.1) is 5.92 Å². The molecule has 80 valence electrons. The largest absolute Gasteiger partial charge is 0.481 e. The molecule has 0 amide bonds. The second-order valence-electron chi connectivity index (χ2n) is 3.46. The van der Waals surface area contributed by atoms with Crippen LogP contribution in [-0.4, -0.2) is 22.2 Å². The first-order valence-corrected chi connectivity index (χ1v) is 4.56. The molecule has 14 heavy (non-hydrogen) atoms. The Balaban J connectivity index is 3.74. The van der Waals surface area contributed by atoms with Crippen LogP contribution in [0.25, 0.3) is 0 Å². The van der Waals surface area contributed by atoms with Crippen molar-refractivity contribution in [2.75, 3.05) is 0 Å². The SMILES string of the molecule is CC(=CC(=O)O)CCC[C@@H](C)C(=O)O. The lowest BCUT2D eigenvalue weighted by atomic mass is 10.0. The monoisotopic (exact) mass is 200 g/mol. The summed E-state index contributed by atoms with van der Waals surface area (Å²) in [5.41, 5.74) is 0.773. The van der Waals surface area contributed by atoms with Gasteiger partial charge in [-0.15, -0.1) is 0 Å². The molecule has 0 aliphatic rings. The number of carboxylic acid groups (broad SMARTS) is 2. The van der Waals surface area contributed by atoms with Gasteiger partial charge in [-0.05, 0) is 26.2 Å². The van der Waals surface area contributed by atoms with Crippen molar-refractivity contribution in [3.05, 3.63) is 11.6 Å². The summed E-state index contributed by atoms with van der Waals surface area (Å²) in [4.78, 5) is 20.7. The Kier molecular flexibility index (Phi) is 5.60. The third-order valence-corrected chi connectivity index (χ3v) is 2.00. The first-order chi connectivity index (χ1) is 6.43. The first-order valence-electron chi connectivity index (χ1n) is 4.56. The molecule has 0 radical (unpaired) electrons. The van der Waals surface area contributed by atoms with E-state index in [9.17, 15) is 9.59 Å². The van der Waals surface area contributed by atoms with E-state index in [0.29, 0.717) is 19.3 Å². The molecule has 0 saturated carbocycles. The molecule has 0 unspecified atom stereocenters. The minimum Gasteiger partial charge on any atom is -0.481 e. The van der Waals surface area contributed by atoms with Gasteiger partial charge >= 0.3 is 11.9 Å². The van der Waals surface area contributed by atoms with Crippen molar-refractivity contribution in [1.82, 2.24) is 0 Å². The Labute approximate surface area is 83.2 Å². The second-order valence-corrected chi connectivity index (χ2v) is 3.46. The van der Waals surface area contributed by atoms with Gasteiger partial charge in [0.15, 0.2) is 0 Å². The number of hydrogen-bond donors (Lipinski definition) is 2. The highest BCUT2D eigenvalue weighted by Gasteiger charge is 2.09. The Morgan fingerprint density at radius 2 is 1.93 bits per heavy atom. The first kappa shape index (κ1) is 12.7. The molecule has 0 aromatic carbocycles. The summed E-state index contributed by atoms with van der Waals surface area (Å²) >= 11 is 0. The fraction of sp³-hybridized carbons (Fsp3) is 0.600. The number of hydrogen-bond acceptors (Lipinski definition) is 2. The van der Waals surface area contributed by atoms with Gasteiger partial charge in [0.25, 0.3) is 0 Å². The van der Waals surface area contributed by atoms with Gasteiger partial charge in [-0.2, -0.15) is 0 Å². The minimum atomic E-state index is -0.950. The Morgan fingerprint density at radius 3 is 2.36 bits per heavy atom. The van der Waals surface area contributed by atoms with E-state index in [1.54, 1.807) is 13.8 Å². The van der Waals surface area contributed by atoms with Crippen LogP contribution in [0.2, 0.25) is 0 Å². The van der Waals surface area contributed by atoms with Crippen molar-refractivity contribution in [3.63, 3.8) is 0 Å². The molecular weight excluding hydrogens is 184 g/mol. The van der Waals surface area contributed by atoms with E-state index in [4.69, 9.17) is 10.2 Å². The Morgan fingerprint density at radius 1 is 1.36 bits per heavy atom. The predicted molar refractivity (Wildman–Crippen MR) is 52.0 cm³/mol. The smallest absolute Gasteiger partial charge is 0.328 e. The maximum Gasteiger partial charge on any atom is 0.328 e. The summed E-state index contributed by atoms with van der Waals surface area (Å²) in [6, 6.07) is 0. The van der Waals surface area contributed by atoms with Crippen molar-refractivity contribution in [2.24, 2.45) is 5.92 Å². The van der Waals surface area contributed by atoms with Crippen LogP contribution in [0.3, 0.4) is 0 Å². The van der Waals surface area contributed by atoms with Crippen molar-refractivity contribution < 1.29 is 19.8 Å². The molecule has 0 rings (SSSR count). The highest BCUT2D eigenvalue weighted by molar-refractivity contribution is 5.80. The summed E-state index contributed by atoms with van der Waals surface area (Å²) in [5, 5.41) is 17.0. The van der Waals surface area contributed by atoms with E-state index in [1.165, 1.54) is 0 Å². The number of allylic oxidation sites excluding steroid dienone is 1. The summed E-state index contributed by atoms with van der Waals surface area (Å²) in [7, 11) is 0. The van der Waals surface area contributed by atoms with Crippen LogP contribution in [0.1, 0.15) is 33.1 Å². The molecule has 0 bridgehead atoms. The third kappa shape index (κ3) is 6.22. The van der Waals surface area contributed by atoms with Crippen LogP contribution in [-0.2, 0) is 9.59 Å². The Bertz CT molecular complexity index is 243. The van der Waals surface area contributed by atoms with Crippen LogP contribution < -0.4 is 0 Å². The number of carbonyl (C=O) groups is 2. The average molecular weight is 200 g/mol. The van der Waals surface area contributed by atoms with Crippen molar-refractivity contribution in [3.8, 4) is 0 Å². The zero-order valence-electron chi connectivity index (χ0n) is 8.49. The van der Waals surface area contributed by atoms with E-state index in [2.05, 4.69) is 0 Å². The molecule has 4 nitrogen and oxygen atoms in total. The average Bonchev–Trinajstić information content (AvgIpc) is 2.02. The lowest BCUT2D eigenvalue weighted by Gasteiger charge is -2.05. The summed E-state index contributed by atoms with van der Waals surface area (Å²) in [6.07, 6.45) is 3.10. The van der Waals surface area contributed by atoms with E-state index in [0.717, 1.165) is 11.6 Å². The van der Waals surface area contributed by atoms with Crippen molar-refractivity contribution in [2.45, 2.75) is 33.1 Å². The molecule has 0 aromatic rings. The van der Waals surface area contributed by atoms with Gasteiger partial charge < -0.3 is 10.2 Å². The second kappa shape index (κ2) is 6.18. The van der Waals surface area contributed by atoms with Crippen LogP contribution in [0.4, 0.5) is 0 Å². The number of carboxylic acids is 2. The van der Waals surface area contributed by atoms with Gasteiger partial charge in [-0.25, -0.2) is 4.79 Å². The Hall–Kier alpha value is -1.32. The molecule has 0 aromatic heterocycles. The van der Waals surface area contributed by atoms with Gasteiger partial charge in [0.1, 0.15) is 0 Å². The summed E-state index contributed by atoms with van der Waals surface area (Å²) in [6.45, 7) is 3.39. The maximum absolute atomic E-state index is 10.4. The van der Waals surface area contributed by atoms with Crippen molar-refractivity contribution >= 4 is 11.9 Å². The fourth-order valence-corrected chi connectivity index (χ4v) is 1.09. The lowest BCUT2D eigenvalue weighted by molar-refractivity contribution is -0.141. The van der Waals surface area contributed by atoms with E-state index in [1.807, 2.05) is 0 Å². The fourth-order valence-electron chi connectivity index (χ4n) is 1.09. The molecule has 1 atom stereocenters. The number of aliphatic carboxylic acids is 2. The highest BCUT2D eigenvalue weighted by Crippen LogP contribution is 2.12. The van der Waals surface area contributed by atoms with Gasteiger partial charge in [0, 0.05) is 6.08 Å². The zero-order valence-corrected chi connectivity index (χ0v) is 8.49. The van der Waals surface area contributed by atoms with E-state index >= 15 is 0 Å². The van der Waals surface area contributed by atoms with Gasteiger partial charge in [-0.1, -0.05) is 12.5 Å². The third-order valence-electron chi connectivity index (χ3n) is 2.00. The zero-order chi connectivity index (χ0) is 11.1. The number of rotatable bonds is 6. The van der Waals surface area contributed by atoms with Crippen LogP contribution in [0.5, 0.6) is 0 Å². The molecule has 0 aliphatic heterocycles. The molecule has 2 N–H and O–H groups in total. The molecule has 0 saturated heterocycles. The van der Waals surface area contributed by atoms with Crippen LogP contribution >= 0.6 is 0 Å². The molecule has 0 aliphatic carbocycles. The van der Waals surface area contributed by atoms with Gasteiger partial charge in [0.05, 0.1) is 5.92 Å². The lowest BCUT2D eigenvalue weighted by Crippen LogP contribution is -2.08. The van der Waals surface area contributed by atoms with E-state index in [-0.39, 0.29) is 5.92 Å². The van der Waals surface area contributed by atoms with Crippen LogP contribution in [0.15, 0.2) is 11.6 Å². The van der Waals surface area contributed by atoms with Crippen molar-refractivity contribution in [1.29, 1.82) is 0 Å².